The molecule has 2 aromatic carbocycles. The van der Waals surface area contributed by atoms with E-state index >= 15 is 0 Å². The molecule has 0 bridgehead atoms. The molecule has 190 valence electrons. The number of esters is 1. The second-order valence-corrected chi connectivity index (χ2v) is 11.4. The van der Waals surface area contributed by atoms with E-state index in [9.17, 15) is 9.59 Å². The van der Waals surface area contributed by atoms with Crippen molar-refractivity contribution >= 4 is 55.9 Å². The molecule has 0 unspecified atom stereocenters. The Labute approximate surface area is 231 Å². The van der Waals surface area contributed by atoms with Crippen LogP contribution in [-0.2, 0) is 22.4 Å². The van der Waals surface area contributed by atoms with Crippen LogP contribution in [0, 0.1) is 0 Å². The van der Waals surface area contributed by atoms with Gasteiger partial charge in [-0.05, 0) is 49.9 Å². The SMILES string of the molecule is CCOC(=O)c1c(NC(=O)CCSc2nnc(-c3ccccc3Br)n2-c2ccccc2)sc2c1CCC2. The van der Waals surface area contributed by atoms with Crippen LogP contribution in [0.5, 0.6) is 0 Å². The van der Waals surface area contributed by atoms with Crippen molar-refractivity contribution in [1.82, 2.24) is 14.8 Å². The number of nitrogens with zero attached hydrogens (tertiary/aromatic N) is 3. The summed E-state index contributed by atoms with van der Waals surface area (Å²) in [6.45, 7) is 2.09. The van der Waals surface area contributed by atoms with E-state index in [-0.39, 0.29) is 18.3 Å². The number of ether oxygens (including phenoxy) is 1. The van der Waals surface area contributed by atoms with Crippen LogP contribution in [0.25, 0.3) is 17.1 Å². The molecule has 2 heterocycles. The maximum Gasteiger partial charge on any atom is 0.341 e. The quantitative estimate of drug-likeness (QED) is 0.174. The van der Waals surface area contributed by atoms with Gasteiger partial charge in [0.05, 0.1) is 12.2 Å². The number of amides is 1. The zero-order valence-corrected chi connectivity index (χ0v) is 23.4. The van der Waals surface area contributed by atoms with Crippen molar-refractivity contribution in [3.05, 3.63) is 75.1 Å². The highest BCUT2D eigenvalue weighted by Gasteiger charge is 2.28. The van der Waals surface area contributed by atoms with Crippen molar-refractivity contribution in [3.8, 4) is 17.1 Å². The third-order valence-electron chi connectivity index (χ3n) is 5.98. The van der Waals surface area contributed by atoms with Crippen molar-refractivity contribution in [3.63, 3.8) is 0 Å². The summed E-state index contributed by atoms with van der Waals surface area (Å²) in [5, 5.41) is 13.2. The highest BCUT2D eigenvalue weighted by atomic mass is 79.9. The predicted octanol–water partition coefficient (Wildman–Crippen LogP) is 6.54. The summed E-state index contributed by atoms with van der Waals surface area (Å²) in [5.41, 5.74) is 3.43. The smallest absolute Gasteiger partial charge is 0.341 e. The van der Waals surface area contributed by atoms with Gasteiger partial charge in [-0.3, -0.25) is 9.36 Å². The number of fused-ring (bicyclic) bond motifs is 1. The number of halogens is 1. The number of aryl methyl sites for hydroxylation is 1. The number of para-hydroxylation sites is 1. The van der Waals surface area contributed by atoms with Crippen LogP contribution in [-0.4, -0.2) is 39.0 Å². The molecule has 1 amide bonds. The fraction of sp³-hybridized carbons (Fsp3) is 0.259. The van der Waals surface area contributed by atoms with Gasteiger partial charge >= 0.3 is 5.97 Å². The second-order valence-electron chi connectivity index (χ2n) is 8.39. The molecule has 5 rings (SSSR count). The molecule has 0 fully saturated rings. The molecule has 10 heteroatoms. The summed E-state index contributed by atoms with van der Waals surface area (Å²) in [6, 6.07) is 17.8. The first-order valence-electron chi connectivity index (χ1n) is 12.1. The standard InChI is InChI=1S/C27H25BrN4O3S2/c1-2-35-26(34)23-19-12-8-14-21(19)37-25(23)29-22(33)15-16-36-27-31-30-24(18-11-6-7-13-20(18)28)32(27)17-9-4-3-5-10-17/h3-7,9-11,13H,2,8,12,14-16H2,1H3,(H,29,33). The zero-order valence-electron chi connectivity index (χ0n) is 20.2. The van der Waals surface area contributed by atoms with E-state index in [1.54, 1.807) is 6.92 Å². The number of nitrogens with one attached hydrogen (secondary N) is 1. The molecule has 7 nitrogen and oxygen atoms in total. The van der Waals surface area contributed by atoms with Crippen LogP contribution < -0.4 is 5.32 Å². The molecule has 0 saturated heterocycles. The third kappa shape index (κ3) is 5.51. The normalized spacial score (nSPS) is 12.4. The molecule has 0 aliphatic heterocycles. The van der Waals surface area contributed by atoms with Crippen LogP contribution in [0.1, 0.15) is 40.6 Å². The van der Waals surface area contributed by atoms with Gasteiger partial charge in [0.2, 0.25) is 5.91 Å². The van der Waals surface area contributed by atoms with Gasteiger partial charge in [0.1, 0.15) is 5.00 Å². The zero-order chi connectivity index (χ0) is 25.8. The Morgan fingerprint density at radius 3 is 2.68 bits per heavy atom. The summed E-state index contributed by atoms with van der Waals surface area (Å²) in [6.07, 6.45) is 3.08. The highest BCUT2D eigenvalue weighted by molar-refractivity contribution is 9.10. The summed E-state index contributed by atoms with van der Waals surface area (Å²) in [4.78, 5) is 26.6. The van der Waals surface area contributed by atoms with E-state index in [0.717, 1.165) is 46.4 Å². The van der Waals surface area contributed by atoms with Crippen LogP contribution in [0.4, 0.5) is 5.00 Å². The molecule has 37 heavy (non-hydrogen) atoms. The molecule has 0 saturated carbocycles. The molecule has 4 aromatic rings. The van der Waals surface area contributed by atoms with Gasteiger partial charge in [-0.1, -0.05) is 64.1 Å². The van der Waals surface area contributed by atoms with Crippen LogP contribution >= 0.6 is 39.0 Å². The first kappa shape index (κ1) is 25.7. The van der Waals surface area contributed by atoms with Gasteiger partial charge in [0.25, 0.3) is 0 Å². The molecule has 2 aromatic heterocycles. The van der Waals surface area contributed by atoms with Gasteiger partial charge in [0.15, 0.2) is 11.0 Å². The third-order valence-corrected chi connectivity index (χ3v) is 8.81. The minimum atomic E-state index is -0.359. The van der Waals surface area contributed by atoms with E-state index in [1.807, 2.05) is 59.2 Å². The first-order valence-corrected chi connectivity index (χ1v) is 14.7. The molecule has 0 radical (unpaired) electrons. The monoisotopic (exact) mass is 596 g/mol. The molecule has 1 N–H and O–H groups in total. The number of anilines is 1. The van der Waals surface area contributed by atoms with Crippen molar-refractivity contribution in [2.75, 3.05) is 17.7 Å². The lowest BCUT2D eigenvalue weighted by molar-refractivity contribution is -0.115. The fourth-order valence-corrected chi connectivity index (χ4v) is 6.97. The van der Waals surface area contributed by atoms with E-state index in [0.29, 0.717) is 28.1 Å². The Bertz CT molecular complexity index is 1430. The Kier molecular flexibility index (Phi) is 8.07. The van der Waals surface area contributed by atoms with Crippen LogP contribution in [0.15, 0.2) is 64.2 Å². The van der Waals surface area contributed by atoms with Gasteiger partial charge in [-0.25, -0.2) is 4.79 Å². The second kappa shape index (κ2) is 11.6. The number of hydrogen-bond donors (Lipinski definition) is 1. The number of thiophene rings is 1. The lowest BCUT2D eigenvalue weighted by Crippen LogP contribution is -2.15. The van der Waals surface area contributed by atoms with E-state index < -0.39 is 0 Å². The minimum absolute atomic E-state index is 0.144. The average molecular weight is 598 g/mol. The molecule has 0 spiro atoms. The highest BCUT2D eigenvalue weighted by Crippen LogP contribution is 2.40. The van der Waals surface area contributed by atoms with Crippen molar-refractivity contribution < 1.29 is 14.3 Å². The predicted molar refractivity (Wildman–Crippen MR) is 151 cm³/mol. The van der Waals surface area contributed by atoms with Crippen LogP contribution in [0.2, 0.25) is 0 Å². The number of carbonyl (C=O) groups is 2. The van der Waals surface area contributed by atoms with Gasteiger partial charge < -0.3 is 10.1 Å². The topological polar surface area (TPSA) is 86.1 Å². The van der Waals surface area contributed by atoms with Crippen molar-refractivity contribution in [1.29, 1.82) is 0 Å². The fourth-order valence-electron chi connectivity index (χ4n) is 4.33. The maximum absolute atomic E-state index is 12.9. The molecule has 1 aliphatic rings. The number of rotatable bonds is 9. The summed E-state index contributed by atoms with van der Waals surface area (Å²) < 4.78 is 8.20. The van der Waals surface area contributed by atoms with E-state index in [1.165, 1.54) is 28.0 Å². The van der Waals surface area contributed by atoms with Gasteiger partial charge in [0, 0.05) is 32.8 Å². The number of hydrogen-bond acceptors (Lipinski definition) is 7. The van der Waals surface area contributed by atoms with Crippen molar-refractivity contribution in [2.45, 2.75) is 37.8 Å². The number of benzene rings is 2. The maximum atomic E-state index is 12.9. The van der Waals surface area contributed by atoms with E-state index in [4.69, 9.17) is 4.74 Å². The molecule has 0 atom stereocenters. The number of thioether (sulfide) groups is 1. The van der Waals surface area contributed by atoms with E-state index in [2.05, 4.69) is 31.4 Å². The molecular formula is C27H25BrN4O3S2. The first-order chi connectivity index (χ1) is 18.1. The number of carbonyl (C=O) groups excluding carboxylic acids is 2. The average Bonchev–Trinajstić information content (AvgIpc) is 3.60. The van der Waals surface area contributed by atoms with Gasteiger partial charge in [-0.2, -0.15) is 0 Å². The Morgan fingerprint density at radius 1 is 1.11 bits per heavy atom. The Hall–Kier alpha value is -2.95. The van der Waals surface area contributed by atoms with Crippen molar-refractivity contribution in [2.24, 2.45) is 0 Å². The summed E-state index contributed by atoms with van der Waals surface area (Å²) in [7, 11) is 0. The lowest BCUT2D eigenvalue weighted by atomic mass is 10.1. The summed E-state index contributed by atoms with van der Waals surface area (Å²) >= 11 is 6.58. The largest absolute Gasteiger partial charge is 0.462 e. The number of aromatic nitrogens is 3. The minimum Gasteiger partial charge on any atom is -0.462 e. The summed E-state index contributed by atoms with van der Waals surface area (Å²) in [5.74, 6) is 0.724. The van der Waals surface area contributed by atoms with Crippen LogP contribution in [0.3, 0.4) is 0 Å². The Balaban J connectivity index is 1.31. The lowest BCUT2D eigenvalue weighted by Gasteiger charge is -2.11. The molecule has 1 aliphatic carbocycles. The van der Waals surface area contributed by atoms with Gasteiger partial charge in [-0.15, -0.1) is 21.5 Å². The Morgan fingerprint density at radius 2 is 1.89 bits per heavy atom. The molecular weight excluding hydrogens is 572 g/mol.